The molecule has 2 saturated heterocycles. The van der Waals surface area contributed by atoms with E-state index in [0.29, 0.717) is 18.2 Å². The van der Waals surface area contributed by atoms with Crippen LogP contribution in [-0.4, -0.2) is 42.9 Å². The average molecular weight is 295 g/mol. The number of nitrogens with one attached hydrogen (secondary N) is 1. The highest BCUT2D eigenvalue weighted by Gasteiger charge is 2.41. The highest BCUT2D eigenvalue weighted by Crippen LogP contribution is 2.37. The van der Waals surface area contributed by atoms with Crippen LogP contribution in [0, 0.1) is 11.3 Å². The lowest BCUT2D eigenvalue weighted by atomic mass is 9.73. The molecule has 2 fully saturated rings. The number of likely N-dealkylation sites (tertiary alicyclic amines) is 1. The predicted molar refractivity (Wildman–Crippen MR) is 82.6 cm³/mol. The van der Waals surface area contributed by atoms with Crippen LogP contribution in [-0.2, 0) is 9.59 Å². The number of nitrogens with two attached hydrogens (primary N) is 1. The smallest absolute Gasteiger partial charge is 0.228 e. The molecule has 0 bridgehead atoms. The Morgan fingerprint density at radius 3 is 2.38 bits per heavy atom. The second-order valence-electron chi connectivity index (χ2n) is 6.69. The maximum Gasteiger partial charge on any atom is 0.228 e. The van der Waals surface area contributed by atoms with Crippen LogP contribution in [0.5, 0.6) is 0 Å². The van der Waals surface area contributed by atoms with Gasteiger partial charge in [0.2, 0.25) is 11.8 Å². The largest absolute Gasteiger partial charge is 0.370 e. The molecule has 21 heavy (non-hydrogen) atoms. The summed E-state index contributed by atoms with van der Waals surface area (Å²) in [5.74, 6) is 0.491. The number of rotatable bonds is 5. The second-order valence-corrected chi connectivity index (χ2v) is 6.69. The molecule has 0 aliphatic carbocycles. The molecule has 2 aliphatic rings. The van der Waals surface area contributed by atoms with Crippen molar-refractivity contribution < 1.29 is 9.59 Å². The molecule has 0 atom stereocenters. The van der Waals surface area contributed by atoms with Gasteiger partial charge in [0.1, 0.15) is 0 Å². The maximum absolute atomic E-state index is 13.0. The summed E-state index contributed by atoms with van der Waals surface area (Å²) in [6, 6.07) is 0. The quantitative estimate of drug-likeness (QED) is 0.802. The molecule has 120 valence electrons. The SMILES string of the molecule is CCCC1(C(=O)N2CCC(CC(N)=O)CC2)CCNCC1. The topological polar surface area (TPSA) is 75.4 Å². The summed E-state index contributed by atoms with van der Waals surface area (Å²) < 4.78 is 0. The standard InChI is InChI=1S/C16H29N3O2/c1-2-5-16(6-8-18-9-7-16)15(21)19-10-3-13(4-11-19)12-14(17)20/h13,18H,2-12H2,1H3,(H2,17,20). The van der Waals surface area contributed by atoms with Gasteiger partial charge in [0.15, 0.2) is 0 Å². The van der Waals surface area contributed by atoms with E-state index in [9.17, 15) is 9.59 Å². The van der Waals surface area contributed by atoms with Crippen LogP contribution in [0.3, 0.4) is 0 Å². The molecule has 0 radical (unpaired) electrons. The lowest BCUT2D eigenvalue weighted by Gasteiger charge is -2.42. The molecule has 5 nitrogen and oxygen atoms in total. The zero-order valence-electron chi connectivity index (χ0n) is 13.2. The van der Waals surface area contributed by atoms with Gasteiger partial charge in [-0.2, -0.15) is 0 Å². The van der Waals surface area contributed by atoms with Crippen LogP contribution in [0.25, 0.3) is 0 Å². The van der Waals surface area contributed by atoms with Crippen LogP contribution in [0.2, 0.25) is 0 Å². The van der Waals surface area contributed by atoms with Crippen molar-refractivity contribution in [1.29, 1.82) is 0 Å². The molecular weight excluding hydrogens is 266 g/mol. The number of amides is 2. The lowest BCUT2D eigenvalue weighted by molar-refractivity contribution is -0.146. The lowest BCUT2D eigenvalue weighted by Crippen LogP contribution is -2.51. The Hall–Kier alpha value is -1.10. The number of hydrogen-bond acceptors (Lipinski definition) is 3. The first-order valence-corrected chi connectivity index (χ1v) is 8.36. The minimum Gasteiger partial charge on any atom is -0.370 e. The van der Waals surface area contributed by atoms with E-state index in [4.69, 9.17) is 5.73 Å². The van der Waals surface area contributed by atoms with Crippen molar-refractivity contribution in [2.45, 2.75) is 51.9 Å². The normalized spacial score (nSPS) is 23.0. The van der Waals surface area contributed by atoms with Gasteiger partial charge in [-0.3, -0.25) is 9.59 Å². The van der Waals surface area contributed by atoms with Crippen molar-refractivity contribution in [1.82, 2.24) is 10.2 Å². The van der Waals surface area contributed by atoms with E-state index in [0.717, 1.165) is 64.7 Å². The molecule has 2 amide bonds. The zero-order valence-corrected chi connectivity index (χ0v) is 13.2. The highest BCUT2D eigenvalue weighted by molar-refractivity contribution is 5.83. The molecule has 0 saturated carbocycles. The van der Waals surface area contributed by atoms with Crippen molar-refractivity contribution >= 4 is 11.8 Å². The van der Waals surface area contributed by atoms with Crippen LogP contribution in [0.4, 0.5) is 0 Å². The fraction of sp³-hybridized carbons (Fsp3) is 0.875. The first-order chi connectivity index (χ1) is 10.1. The third-order valence-electron chi connectivity index (χ3n) is 5.13. The molecule has 0 aromatic carbocycles. The number of piperidine rings is 2. The fourth-order valence-corrected chi connectivity index (χ4v) is 3.91. The Labute approximate surface area is 127 Å². The molecule has 0 spiro atoms. The Balaban J connectivity index is 1.94. The van der Waals surface area contributed by atoms with E-state index in [1.165, 1.54) is 0 Å². The van der Waals surface area contributed by atoms with Crippen LogP contribution in [0.1, 0.15) is 51.9 Å². The number of carbonyl (C=O) groups is 2. The molecule has 3 N–H and O–H groups in total. The van der Waals surface area contributed by atoms with Gasteiger partial charge in [-0.25, -0.2) is 0 Å². The van der Waals surface area contributed by atoms with E-state index in [-0.39, 0.29) is 11.3 Å². The number of nitrogens with zero attached hydrogens (tertiary/aromatic N) is 1. The zero-order chi connectivity index (χ0) is 15.3. The van der Waals surface area contributed by atoms with Gasteiger partial charge in [0.05, 0.1) is 5.41 Å². The van der Waals surface area contributed by atoms with Gasteiger partial charge in [-0.1, -0.05) is 13.3 Å². The maximum atomic E-state index is 13.0. The van der Waals surface area contributed by atoms with E-state index in [1.807, 2.05) is 4.90 Å². The first-order valence-electron chi connectivity index (χ1n) is 8.36. The van der Waals surface area contributed by atoms with Crippen molar-refractivity contribution in [3.05, 3.63) is 0 Å². The number of hydrogen-bond donors (Lipinski definition) is 2. The van der Waals surface area contributed by atoms with Crippen molar-refractivity contribution in [3.8, 4) is 0 Å². The number of carbonyl (C=O) groups excluding carboxylic acids is 2. The Kier molecular flexibility index (Phi) is 5.62. The summed E-state index contributed by atoms with van der Waals surface area (Å²) in [5.41, 5.74) is 5.13. The molecule has 0 aromatic rings. The van der Waals surface area contributed by atoms with Crippen LogP contribution in [0.15, 0.2) is 0 Å². The molecule has 2 aliphatic heterocycles. The van der Waals surface area contributed by atoms with Gasteiger partial charge in [-0.05, 0) is 51.1 Å². The van der Waals surface area contributed by atoms with Crippen LogP contribution < -0.4 is 11.1 Å². The summed E-state index contributed by atoms with van der Waals surface area (Å²) in [6.07, 6.45) is 6.26. The monoisotopic (exact) mass is 295 g/mol. The Bertz CT molecular complexity index is 364. The van der Waals surface area contributed by atoms with Crippen LogP contribution >= 0.6 is 0 Å². The Morgan fingerprint density at radius 2 is 1.86 bits per heavy atom. The van der Waals surface area contributed by atoms with E-state index in [2.05, 4.69) is 12.2 Å². The molecule has 2 rings (SSSR count). The minimum absolute atomic E-state index is 0.142. The molecule has 2 heterocycles. The van der Waals surface area contributed by atoms with Gasteiger partial charge in [0.25, 0.3) is 0 Å². The summed E-state index contributed by atoms with van der Waals surface area (Å²) >= 11 is 0. The summed E-state index contributed by atoms with van der Waals surface area (Å²) in [7, 11) is 0. The first kappa shape index (κ1) is 16.3. The van der Waals surface area contributed by atoms with Gasteiger partial charge >= 0.3 is 0 Å². The summed E-state index contributed by atoms with van der Waals surface area (Å²) in [4.78, 5) is 26.0. The van der Waals surface area contributed by atoms with E-state index >= 15 is 0 Å². The third-order valence-corrected chi connectivity index (χ3v) is 5.13. The van der Waals surface area contributed by atoms with E-state index < -0.39 is 0 Å². The predicted octanol–water partition coefficient (Wildman–Crippen LogP) is 1.27. The average Bonchev–Trinajstić information content (AvgIpc) is 2.48. The molecule has 5 heteroatoms. The van der Waals surface area contributed by atoms with Gasteiger partial charge in [0, 0.05) is 19.5 Å². The molecule has 0 unspecified atom stereocenters. The van der Waals surface area contributed by atoms with Gasteiger partial charge < -0.3 is 16.0 Å². The van der Waals surface area contributed by atoms with Crippen molar-refractivity contribution in [2.75, 3.05) is 26.2 Å². The van der Waals surface area contributed by atoms with Crippen molar-refractivity contribution in [3.63, 3.8) is 0 Å². The third kappa shape index (κ3) is 3.96. The Morgan fingerprint density at radius 1 is 1.24 bits per heavy atom. The second kappa shape index (κ2) is 7.25. The van der Waals surface area contributed by atoms with Crippen molar-refractivity contribution in [2.24, 2.45) is 17.1 Å². The number of primary amides is 1. The highest BCUT2D eigenvalue weighted by atomic mass is 16.2. The molecular formula is C16H29N3O2. The summed E-state index contributed by atoms with van der Waals surface area (Å²) in [6.45, 7) is 5.63. The summed E-state index contributed by atoms with van der Waals surface area (Å²) in [5, 5.41) is 3.36. The van der Waals surface area contributed by atoms with E-state index in [1.54, 1.807) is 0 Å². The minimum atomic E-state index is -0.222. The fourth-order valence-electron chi connectivity index (χ4n) is 3.91. The molecule has 0 aromatic heterocycles. The van der Waals surface area contributed by atoms with Gasteiger partial charge in [-0.15, -0.1) is 0 Å².